The van der Waals surface area contributed by atoms with Crippen LogP contribution >= 0.6 is 15.9 Å². The summed E-state index contributed by atoms with van der Waals surface area (Å²) in [6, 6.07) is 0. The van der Waals surface area contributed by atoms with E-state index >= 15 is 0 Å². The average Bonchev–Trinajstić information content (AvgIpc) is 2.07. The van der Waals surface area contributed by atoms with Crippen LogP contribution in [0.15, 0.2) is 0 Å². The normalized spacial score (nSPS) is 13.8. The van der Waals surface area contributed by atoms with Gasteiger partial charge in [0.05, 0.1) is 0 Å². The van der Waals surface area contributed by atoms with Crippen LogP contribution in [-0.2, 0) is 0 Å². The zero-order chi connectivity index (χ0) is 9.40. The fourth-order valence-corrected chi connectivity index (χ4v) is 2.29. The molecule has 0 spiro atoms. The van der Waals surface area contributed by atoms with E-state index in [0.29, 0.717) is 0 Å². The lowest BCUT2D eigenvalue weighted by Gasteiger charge is -2.14. The fourth-order valence-electron chi connectivity index (χ4n) is 1.57. The number of rotatable bonds is 7. The Bertz CT molecular complexity index is 87.0. The molecule has 0 aliphatic heterocycles. The van der Waals surface area contributed by atoms with Crippen LogP contribution in [0.3, 0.4) is 0 Å². The zero-order valence-corrected chi connectivity index (χ0v) is 10.4. The summed E-state index contributed by atoms with van der Waals surface area (Å²) in [5.41, 5.74) is 0. The minimum Gasteiger partial charge on any atom is -0.0891 e. The Labute approximate surface area is 86.3 Å². The van der Waals surface area contributed by atoms with Crippen molar-refractivity contribution in [2.75, 3.05) is 0 Å². The van der Waals surface area contributed by atoms with Crippen LogP contribution in [-0.4, -0.2) is 4.83 Å². The van der Waals surface area contributed by atoms with E-state index in [1.54, 1.807) is 0 Å². The van der Waals surface area contributed by atoms with Gasteiger partial charge in [-0.15, -0.1) is 0 Å². The monoisotopic (exact) mass is 234 g/mol. The van der Waals surface area contributed by atoms with Gasteiger partial charge in [-0.3, -0.25) is 0 Å². The van der Waals surface area contributed by atoms with E-state index in [2.05, 4.69) is 36.7 Å². The van der Waals surface area contributed by atoms with Gasteiger partial charge in [-0.05, 0) is 25.2 Å². The van der Waals surface area contributed by atoms with E-state index in [-0.39, 0.29) is 0 Å². The molecule has 0 amide bonds. The third-order valence-corrected chi connectivity index (χ3v) is 3.56. The molecule has 0 aromatic carbocycles. The lowest BCUT2D eigenvalue weighted by atomic mass is 9.96. The largest absolute Gasteiger partial charge is 0.0891 e. The molecule has 0 heterocycles. The van der Waals surface area contributed by atoms with Crippen LogP contribution in [0.25, 0.3) is 0 Å². The van der Waals surface area contributed by atoms with Gasteiger partial charge in [-0.2, -0.15) is 0 Å². The predicted molar refractivity (Wildman–Crippen MR) is 60.9 cm³/mol. The van der Waals surface area contributed by atoms with E-state index in [0.717, 1.165) is 10.7 Å². The highest BCUT2D eigenvalue weighted by Crippen LogP contribution is 2.21. The van der Waals surface area contributed by atoms with Gasteiger partial charge < -0.3 is 0 Å². The summed E-state index contributed by atoms with van der Waals surface area (Å²) in [5.74, 6) is 0.960. The van der Waals surface area contributed by atoms with Gasteiger partial charge in [0, 0.05) is 4.83 Å². The average molecular weight is 235 g/mol. The van der Waals surface area contributed by atoms with Gasteiger partial charge in [0.1, 0.15) is 0 Å². The van der Waals surface area contributed by atoms with Crippen molar-refractivity contribution in [2.45, 2.75) is 64.1 Å². The molecular formula is C11H23Br. The molecule has 0 fully saturated rings. The van der Waals surface area contributed by atoms with Crippen LogP contribution in [0.5, 0.6) is 0 Å². The lowest BCUT2D eigenvalue weighted by molar-refractivity contribution is 0.434. The molecule has 0 aromatic heterocycles. The number of hydrogen-bond acceptors (Lipinski definition) is 0. The van der Waals surface area contributed by atoms with Crippen molar-refractivity contribution < 1.29 is 0 Å². The van der Waals surface area contributed by atoms with Crippen molar-refractivity contribution in [1.29, 1.82) is 0 Å². The van der Waals surface area contributed by atoms with E-state index in [1.807, 2.05) is 0 Å². The van der Waals surface area contributed by atoms with Crippen molar-refractivity contribution in [3.63, 3.8) is 0 Å². The molecule has 1 heteroatoms. The van der Waals surface area contributed by atoms with E-state index in [1.165, 1.54) is 38.5 Å². The quantitative estimate of drug-likeness (QED) is 0.558. The zero-order valence-electron chi connectivity index (χ0n) is 8.78. The van der Waals surface area contributed by atoms with Crippen LogP contribution in [0.4, 0.5) is 0 Å². The van der Waals surface area contributed by atoms with Crippen molar-refractivity contribution in [2.24, 2.45) is 5.92 Å². The Kier molecular flexibility index (Phi) is 8.42. The molecule has 0 N–H and O–H groups in total. The van der Waals surface area contributed by atoms with Crippen LogP contribution in [0, 0.1) is 5.92 Å². The van der Waals surface area contributed by atoms with Crippen molar-refractivity contribution in [1.82, 2.24) is 0 Å². The molecule has 0 bridgehead atoms. The third-order valence-electron chi connectivity index (χ3n) is 2.64. The van der Waals surface area contributed by atoms with Crippen molar-refractivity contribution in [3.05, 3.63) is 0 Å². The molecule has 0 aliphatic rings. The molecular weight excluding hydrogens is 212 g/mol. The number of hydrogen-bond donors (Lipinski definition) is 0. The summed E-state index contributed by atoms with van der Waals surface area (Å²) < 4.78 is 0. The van der Waals surface area contributed by atoms with Gasteiger partial charge in [0.25, 0.3) is 0 Å². The summed E-state index contributed by atoms with van der Waals surface area (Å²) in [6.07, 6.45) is 8.10. The molecule has 0 aliphatic carbocycles. The topological polar surface area (TPSA) is 0 Å². The SMILES string of the molecule is CCCC(Br)CCC(CC)CC. The molecule has 74 valence electrons. The minimum absolute atomic E-state index is 0.767. The van der Waals surface area contributed by atoms with Gasteiger partial charge in [-0.1, -0.05) is 56.0 Å². The van der Waals surface area contributed by atoms with E-state index < -0.39 is 0 Å². The number of alkyl halides is 1. The minimum atomic E-state index is 0.767. The van der Waals surface area contributed by atoms with Crippen molar-refractivity contribution >= 4 is 15.9 Å². The lowest BCUT2D eigenvalue weighted by Crippen LogP contribution is -2.03. The van der Waals surface area contributed by atoms with E-state index in [4.69, 9.17) is 0 Å². The second-order valence-electron chi connectivity index (χ2n) is 3.65. The smallest absolute Gasteiger partial charge is 0.0145 e. The van der Waals surface area contributed by atoms with Gasteiger partial charge >= 0.3 is 0 Å². The first-order valence-corrected chi connectivity index (χ1v) is 6.30. The summed E-state index contributed by atoms with van der Waals surface area (Å²) in [7, 11) is 0. The summed E-state index contributed by atoms with van der Waals surface area (Å²) in [6.45, 7) is 6.86. The molecule has 0 radical (unpaired) electrons. The first kappa shape index (κ1) is 12.5. The molecule has 0 nitrogen and oxygen atoms in total. The molecule has 12 heavy (non-hydrogen) atoms. The van der Waals surface area contributed by atoms with E-state index in [9.17, 15) is 0 Å². The molecule has 1 unspecified atom stereocenters. The highest BCUT2D eigenvalue weighted by atomic mass is 79.9. The summed E-state index contributed by atoms with van der Waals surface area (Å²) >= 11 is 3.72. The maximum atomic E-state index is 3.72. The molecule has 0 saturated heterocycles. The molecule has 0 aromatic rings. The van der Waals surface area contributed by atoms with Gasteiger partial charge in [0.2, 0.25) is 0 Å². The van der Waals surface area contributed by atoms with Crippen LogP contribution in [0.2, 0.25) is 0 Å². The van der Waals surface area contributed by atoms with Crippen LogP contribution < -0.4 is 0 Å². The highest BCUT2D eigenvalue weighted by molar-refractivity contribution is 9.09. The van der Waals surface area contributed by atoms with Gasteiger partial charge in [-0.25, -0.2) is 0 Å². The van der Waals surface area contributed by atoms with Gasteiger partial charge in [0.15, 0.2) is 0 Å². The summed E-state index contributed by atoms with van der Waals surface area (Å²) in [5, 5.41) is 0. The second kappa shape index (κ2) is 8.10. The fraction of sp³-hybridized carbons (Fsp3) is 1.00. The highest BCUT2D eigenvalue weighted by Gasteiger charge is 2.07. The van der Waals surface area contributed by atoms with Crippen LogP contribution in [0.1, 0.15) is 59.3 Å². The Morgan fingerprint density at radius 3 is 1.92 bits per heavy atom. The summed E-state index contributed by atoms with van der Waals surface area (Å²) in [4.78, 5) is 0.767. The number of halogens is 1. The Morgan fingerprint density at radius 2 is 1.50 bits per heavy atom. The first-order chi connectivity index (χ1) is 5.74. The molecule has 0 saturated carbocycles. The third kappa shape index (κ3) is 6.05. The first-order valence-electron chi connectivity index (χ1n) is 5.38. The Hall–Kier alpha value is 0.480. The maximum Gasteiger partial charge on any atom is 0.0145 e. The standard InChI is InChI=1S/C11H23Br/c1-4-7-11(12)9-8-10(5-2)6-3/h10-11H,4-9H2,1-3H3. The second-order valence-corrected chi connectivity index (χ2v) is 4.94. The van der Waals surface area contributed by atoms with Crippen molar-refractivity contribution in [3.8, 4) is 0 Å². The predicted octanol–water partition coefficient (Wildman–Crippen LogP) is 4.77. The Balaban J connectivity index is 3.37. The molecule has 0 rings (SSSR count). The maximum absolute atomic E-state index is 3.72. The molecule has 1 atom stereocenters. The Morgan fingerprint density at radius 1 is 0.917 bits per heavy atom.